The minimum absolute atomic E-state index is 0.452. The first-order valence-electron chi connectivity index (χ1n) is 7.42. The van der Waals surface area contributed by atoms with Crippen molar-refractivity contribution in [1.82, 2.24) is 9.78 Å². The van der Waals surface area contributed by atoms with Crippen LogP contribution < -0.4 is 5.73 Å². The summed E-state index contributed by atoms with van der Waals surface area (Å²) in [6.07, 6.45) is 6.84. The van der Waals surface area contributed by atoms with E-state index in [9.17, 15) is 5.26 Å². The molecule has 4 heteroatoms. The van der Waals surface area contributed by atoms with Crippen LogP contribution >= 0.6 is 0 Å². The van der Waals surface area contributed by atoms with Crippen LogP contribution in [0, 0.1) is 41.9 Å². The highest BCUT2D eigenvalue weighted by Crippen LogP contribution is 2.58. The molecule has 0 saturated heterocycles. The standard InChI is InChI=1S/C15H20N4/c1-8-13(7-16)15(17)19(18-8)14-11-3-9-2-10(5-11)6-12(14)4-9/h9-12,14H,2-6,17H2,1H3. The van der Waals surface area contributed by atoms with E-state index in [0.29, 0.717) is 17.4 Å². The Morgan fingerprint density at radius 1 is 1.16 bits per heavy atom. The van der Waals surface area contributed by atoms with Gasteiger partial charge in [-0.05, 0) is 62.7 Å². The predicted molar refractivity (Wildman–Crippen MR) is 72.2 cm³/mol. The summed E-state index contributed by atoms with van der Waals surface area (Å²) in [7, 11) is 0. The number of nitriles is 1. The summed E-state index contributed by atoms with van der Waals surface area (Å²) in [4.78, 5) is 0. The van der Waals surface area contributed by atoms with E-state index in [1.54, 1.807) is 0 Å². The summed E-state index contributed by atoms with van der Waals surface area (Å²) in [5, 5.41) is 13.8. The lowest BCUT2D eigenvalue weighted by Gasteiger charge is -2.54. The summed E-state index contributed by atoms with van der Waals surface area (Å²) in [5.74, 6) is 3.98. The number of hydrogen-bond acceptors (Lipinski definition) is 3. The number of anilines is 1. The Hall–Kier alpha value is -1.50. The largest absolute Gasteiger partial charge is 0.383 e. The van der Waals surface area contributed by atoms with Gasteiger partial charge in [0.25, 0.3) is 0 Å². The maximum atomic E-state index is 9.18. The van der Waals surface area contributed by atoms with E-state index in [4.69, 9.17) is 5.73 Å². The van der Waals surface area contributed by atoms with Crippen LogP contribution in [-0.2, 0) is 0 Å². The Balaban J connectivity index is 1.75. The molecule has 4 saturated carbocycles. The van der Waals surface area contributed by atoms with E-state index < -0.39 is 0 Å². The minimum atomic E-state index is 0.452. The molecule has 4 fully saturated rings. The molecule has 0 radical (unpaired) electrons. The van der Waals surface area contributed by atoms with Crippen LogP contribution in [-0.4, -0.2) is 9.78 Å². The Bertz CT molecular complexity index is 537. The first kappa shape index (κ1) is 11.3. The summed E-state index contributed by atoms with van der Waals surface area (Å²) in [5.41, 5.74) is 7.54. The fraction of sp³-hybridized carbons (Fsp3) is 0.733. The monoisotopic (exact) mass is 256 g/mol. The van der Waals surface area contributed by atoms with Crippen molar-refractivity contribution in [2.24, 2.45) is 23.7 Å². The number of nitrogens with zero attached hydrogens (tertiary/aromatic N) is 3. The lowest BCUT2D eigenvalue weighted by Crippen LogP contribution is -2.46. The van der Waals surface area contributed by atoms with Crippen LogP contribution in [0.25, 0.3) is 0 Å². The van der Waals surface area contributed by atoms with Crippen LogP contribution in [0.5, 0.6) is 0 Å². The van der Waals surface area contributed by atoms with Crippen LogP contribution in [0.2, 0.25) is 0 Å². The molecule has 0 atom stereocenters. The second-order valence-corrected chi connectivity index (χ2v) is 6.82. The quantitative estimate of drug-likeness (QED) is 0.840. The van der Waals surface area contributed by atoms with Gasteiger partial charge in [0.15, 0.2) is 0 Å². The molecule has 100 valence electrons. The van der Waals surface area contributed by atoms with Gasteiger partial charge < -0.3 is 5.73 Å². The van der Waals surface area contributed by atoms with E-state index in [0.717, 1.165) is 29.4 Å². The fourth-order valence-corrected chi connectivity index (χ4v) is 5.23. The molecule has 0 unspecified atom stereocenters. The van der Waals surface area contributed by atoms with E-state index in [2.05, 4.69) is 11.2 Å². The summed E-state index contributed by atoms with van der Waals surface area (Å²) in [6.45, 7) is 1.89. The van der Waals surface area contributed by atoms with Crippen LogP contribution in [0.15, 0.2) is 0 Å². The zero-order valence-corrected chi connectivity index (χ0v) is 11.3. The highest BCUT2D eigenvalue weighted by Gasteiger charge is 2.49. The Morgan fingerprint density at radius 2 is 1.74 bits per heavy atom. The zero-order valence-electron chi connectivity index (χ0n) is 11.3. The number of nitrogen functional groups attached to an aromatic ring is 1. The van der Waals surface area contributed by atoms with E-state index in [-0.39, 0.29) is 0 Å². The zero-order chi connectivity index (χ0) is 13.1. The van der Waals surface area contributed by atoms with Crippen molar-refractivity contribution in [3.05, 3.63) is 11.3 Å². The molecule has 1 heterocycles. The molecule has 5 rings (SSSR count). The average Bonchev–Trinajstić information content (AvgIpc) is 2.63. The number of aryl methyl sites for hydroxylation is 1. The van der Waals surface area contributed by atoms with Gasteiger partial charge in [0.05, 0.1) is 11.7 Å². The van der Waals surface area contributed by atoms with Crippen molar-refractivity contribution < 1.29 is 0 Å². The maximum Gasteiger partial charge on any atom is 0.140 e. The van der Waals surface area contributed by atoms with Crippen molar-refractivity contribution in [3.63, 3.8) is 0 Å². The first-order valence-corrected chi connectivity index (χ1v) is 7.42. The normalized spacial score (nSPS) is 39.5. The number of nitrogens with two attached hydrogens (primary N) is 1. The Morgan fingerprint density at radius 3 is 2.21 bits per heavy atom. The summed E-state index contributed by atoms with van der Waals surface area (Å²) >= 11 is 0. The van der Waals surface area contributed by atoms with Gasteiger partial charge in [-0.1, -0.05) is 0 Å². The van der Waals surface area contributed by atoms with E-state index >= 15 is 0 Å². The first-order chi connectivity index (χ1) is 9.17. The molecule has 4 bridgehead atoms. The molecule has 0 spiro atoms. The second-order valence-electron chi connectivity index (χ2n) is 6.82. The lowest BCUT2D eigenvalue weighted by molar-refractivity contribution is -0.0328. The average molecular weight is 256 g/mol. The third kappa shape index (κ3) is 1.47. The molecule has 0 amide bonds. The van der Waals surface area contributed by atoms with E-state index in [1.165, 1.54) is 32.1 Å². The van der Waals surface area contributed by atoms with E-state index in [1.807, 2.05) is 11.6 Å². The Kier molecular flexibility index (Phi) is 2.24. The molecule has 4 nitrogen and oxygen atoms in total. The summed E-state index contributed by atoms with van der Waals surface area (Å²) in [6, 6.07) is 2.65. The molecule has 1 aromatic heterocycles. The highest BCUT2D eigenvalue weighted by molar-refractivity contribution is 5.52. The number of rotatable bonds is 1. The van der Waals surface area contributed by atoms with Crippen molar-refractivity contribution in [1.29, 1.82) is 5.26 Å². The molecular weight excluding hydrogens is 236 g/mol. The van der Waals surface area contributed by atoms with Crippen LogP contribution in [0.1, 0.15) is 49.4 Å². The third-order valence-corrected chi connectivity index (χ3v) is 5.69. The predicted octanol–water partition coefficient (Wildman–Crippen LogP) is 2.64. The second kappa shape index (κ2) is 3.75. The fourth-order valence-electron chi connectivity index (χ4n) is 5.23. The third-order valence-electron chi connectivity index (χ3n) is 5.69. The van der Waals surface area contributed by atoms with Crippen LogP contribution in [0.3, 0.4) is 0 Å². The number of hydrogen-bond donors (Lipinski definition) is 1. The molecule has 1 aromatic rings. The van der Waals surface area contributed by atoms with Crippen molar-refractivity contribution in [2.45, 2.75) is 45.1 Å². The van der Waals surface area contributed by atoms with Gasteiger partial charge in [0.1, 0.15) is 17.5 Å². The molecule has 0 aromatic carbocycles. The Labute approximate surface area is 113 Å². The smallest absolute Gasteiger partial charge is 0.140 e. The topological polar surface area (TPSA) is 67.6 Å². The molecule has 0 aliphatic heterocycles. The van der Waals surface area contributed by atoms with Crippen molar-refractivity contribution >= 4 is 5.82 Å². The van der Waals surface area contributed by atoms with Crippen LogP contribution in [0.4, 0.5) is 5.82 Å². The van der Waals surface area contributed by atoms with Gasteiger partial charge >= 0.3 is 0 Å². The minimum Gasteiger partial charge on any atom is -0.383 e. The lowest BCUT2D eigenvalue weighted by atomic mass is 9.54. The molecule has 19 heavy (non-hydrogen) atoms. The summed E-state index contributed by atoms with van der Waals surface area (Å²) < 4.78 is 2.00. The molecular formula is C15H20N4. The number of aromatic nitrogens is 2. The van der Waals surface area contributed by atoms with Gasteiger partial charge in [-0.25, -0.2) is 4.68 Å². The van der Waals surface area contributed by atoms with Crippen molar-refractivity contribution in [2.75, 3.05) is 5.73 Å². The van der Waals surface area contributed by atoms with Gasteiger partial charge in [-0.15, -0.1) is 0 Å². The van der Waals surface area contributed by atoms with Gasteiger partial charge in [-0.3, -0.25) is 0 Å². The highest BCUT2D eigenvalue weighted by atomic mass is 15.3. The van der Waals surface area contributed by atoms with Gasteiger partial charge in [0.2, 0.25) is 0 Å². The SMILES string of the molecule is Cc1nn(C2C3CC4CC(C3)CC2C4)c(N)c1C#N. The van der Waals surface area contributed by atoms with Gasteiger partial charge in [-0.2, -0.15) is 10.4 Å². The molecule has 4 aliphatic carbocycles. The van der Waals surface area contributed by atoms with Crippen molar-refractivity contribution in [3.8, 4) is 6.07 Å². The molecule has 4 aliphatic rings. The van der Waals surface area contributed by atoms with Gasteiger partial charge in [0, 0.05) is 0 Å². The maximum absolute atomic E-state index is 9.18. The molecule has 2 N–H and O–H groups in total.